The Hall–Kier alpha value is -2.97. The molecule has 9 heteroatoms. The van der Waals surface area contributed by atoms with E-state index in [0.717, 1.165) is 0 Å². The van der Waals surface area contributed by atoms with E-state index in [9.17, 15) is 4.79 Å². The number of anilines is 1. The van der Waals surface area contributed by atoms with E-state index in [0.29, 0.717) is 46.3 Å². The Labute approximate surface area is 189 Å². The van der Waals surface area contributed by atoms with Crippen LogP contribution in [-0.4, -0.2) is 32.5 Å². The SMILES string of the molecule is C=CCn1c(S[C@@H](C)C(=O)Nc2cccc(Cl)c2)nnc1[C@@H]1COc2ccccc2O1. The fourth-order valence-electron chi connectivity index (χ4n) is 3.09. The van der Waals surface area contributed by atoms with Gasteiger partial charge in [-0.2, -0.15) is 0 Å². The Bertz CT molecular complexity index is 1100. The molecule has 1 aromatic heterocycles. The zero-order valence-corrected chi connectivity index (χ0v) is 18.4. The number of fused-ring (bicyclic) bond motifs is 1. The fraction of sp³-hybridized carbons (Fsp3) is 0.227. The summed E-state index contributed by atoms with van der Waals surface area (Å²) in [6.07, 6.45) is 1.35. The van der Waals surface area contributed by atoms with Gasteiger partial charge in [0.1, 0.15) is 6.61 Å². The maximum atomic E-state index is 12.6. The number of aromatic nitrogens is 3. The number of hydrogen-bond donors (Lipinski definition) is 1. The van der Waals surface area contributed by atoms with Gasteiger partial charge in [0, 0.05) is 17.3 Å². The molecule has 2 heterocycles. The lowest BCUT2D eigenvalue weighted by Crippen LogP contribution is -2.25. The molecule has 1 N–H and O–H groups in total. The average Bonchev–Trinajstić information content (AvgIpc) is 3.16. The quantitative estimate of drug-likeness (QED) is 0.408. The lowest BCUT2D eigenvalue weighted by Gasteiger charge is -2.26. The van der Waals surface area contributed by atoms with Gasteiger partial charge in [-0.05, 0) is 37.3 Å². The van der Waals surface area contributed by atoms with E-state index in [-0.39, 0.29) is 5.91 Å². The minimum atomic E-state index is -0.413. The Balaban J connectivity index is 1.49. The number of rotatable bonds is 7. The van der Waals surface area contributed by atoms with Crippen LogP contribution in [0.1, 0.15) is 18.9 Å². The lowest BCUT2D eigenvalue weighted by molar-refractivity contribution is -0.115. The first-order valence-corrected chi connectivity index (χ1v) is 11.0. The van der Waals surface area contributed by atoms with E-state index in [1.165, 1.54) is 11.8 Å². The summed E-state index contributed by atoms with van der Waals surface area (Å²) < 4.78 is 13.8. The molecule has 0 spiro atoms. The molecular formula is C22H21ClN4O3S. The molecule has 0 radical (unpaired) electrons. The van der Waals surface area contributed by atoms with E-state index < -0.39 is 11.4 Å². The molecule has 7 nitrogen and oxygen atoms in total. The van der Waals surface area contributed by atoms with Crippen LogP contribution in [0.5, 0.6) is 11.5 Å². The molecule has 2 aromatic carbocycles. The zero-order chi connectivity index (χ0) is 21.8. The van der Waals surface area contributed by atoms with Gasteiger partial charge in [-0.15, -0.1) is 16.8 Å². The minimum absolute atomic E-state index is 0.159. The highest BCUT2D eigenvalue weighted by molar-refractivity contribution is 8.00. The molecule has 1 amide bonds. The molecule has 3 aromatic rings. The summed E-state index contributed by atoms with van der Waals surface area (Å²) in [5.74, 6) is 1.83. The second-order valence-electron chi connectivity index (χ2n) is 6.86. The molecule has 0 bridgehead atoms. The predicted molar refractivity (Wildman–Crippen MR) is 121 cm³/mol. The largest absolute Gasteiger partial charge is 0.485 e. The van der Waals surface area contributed by atoms with Crippen LogP contribution in [0.4, 0.5) is 5.69 Å². The van der Waals surface area contributed by atoms with E-state index in [1.807, 2.05) is 35.8 Å². The summed E-state index contributed by atoms with van der Waals surface area (Å²) in [6, 6.07) is 14.5. The number of nitrogens with one attached hydrogen (secondary N) is 1. The number of allylic oxidation sites excluding steroid dienone is 1. The third-order valence-electron chi connectivity index (χ3n) is 4.60. The second-order valence-corrected chi connectivity index (χ2v) is 8.61. The zero-order valence-electron chi connectivity index (χ0n) is 16.8. The van der Waals surface area contributed by atoms with Crippen LogP contribution >= 0.6 is 23.4 Å². The Morgan fingerprint density at radius 1 is 1.32 bits per heavy atom. The van der Waals surface area contributed by atoms with Crippen molar-refractivity contribution in [2.24, 2.45) is 0 Å². The van der Waals surface area contributed by atoms with Gasteiger partial charge in [-0.3, -0.25) is 9.36 Å². The summed E-state index contributed by atoms with van der Waals surface area (Å²) >= 11 is 7.30. The van der Waals surface area contributed by atoms with Crippen molar-refractivity contribution < 1.29 is 14.3 Å². The van der Waals surface area contributed by atoms with Crippen LogP contribution in [0.2, 0.25) is 5.02 Å². The van der Waals surface area contributed by atoms with Gasteiger partial charge < -0.3 is 14.8 Å². The first-order chi connectivity index (χ1) is 15.0. The van der Waals surface area contributed by atoms with Crippen LogP contribution in [0.25, 0.3) is 0 Å². The third-order valence-corrected chi connectivity index (χ3v) is 5.91. The monoisotopic (exact) mass is 456 g/mol. The first kappa shape index (κ1) is 21.3. The van der Waals surface area contributed by atoms with E-state index in [2.05, 4.69) is 22.1 Å². The summed E-state index contributed by atoms with van der Waals surface area (Å²) in [5.41, 5.74) is 0.643. The molecule has 0 unspecified atom stereocenters. The molecule has 2 atom stereocenters. The van der Waals surface area contributed by atoms with Crippen molar-refractivity contribution in [3.63, 3.8) is 0 Å². The minimum Gasteiger partial charge on any atom is -0.485 e. The van der Waals surface area contributed by atoms with Crippen LogP contribution in [0.15, 0.2) is 66.3 Å². The standard InChI is InChI=1S/C22H21ClN4O3S/c1-3-11-27-20(19-13-29-17-9-4-5-10-18(17)30-19)25-26-22(27)31-14(2)21(28)24-16-8-6-7-15(23)12-16/h3-10,12,14,19H,1,11,13H2,2H3,(H,24,28)/t14-,19-/m0/s1. The second kappa shape index (κ2) is 9.45. The lowest BCUT2D eigenvalue weighted by atomic mass is 10.2. The number of benzene rings is 2. The number of amides is 1. The van der Waals surface area contributed by atoms with Crippen molar-refractivity contribution in [3.05, 3.63) is 72.0 Å². The first-order valence-electron chi connectivity index (χ1n) is 9.70. The molecular weight excluding hydrogens is 436 g/mol. The van der Waals surface area contributed by atoms with Gasteiger partial charge in [0.25, 0.3) is 0 Å². The van der Waals surface area contributed by atoms with Crippen molar-refractivity contribution in [3.8, 4) is 11.5 Å². The number of halogens is 1. The van der Waals surface area contributed by atoms with E-state index in [1.54, 1.807) is 30.3 Å². The molecule has 1 aliphatic rings. The van der Waals surface area contributed by atoms with Crippen molar-refractivity contribution in [1.29, 1.82) is 0 Å². The van der Waals surface area contributed by atoms with Gasteiger partial charge in [0.05, 0.1) is 5.25 Å². The number of carbonyl (C=O) groups excluding carboxylic acids is 1. The smallest absolute Gasteiger partial charge is 0.237 e. The molecule has 1 aliphatic heterocycles. The topological polar surface area (TPSA) is 78.3 Å². The summed E-state index contributed by atoms with van der Waals surface area (Å²) in [4.78, 5) is 12.6. The Kier molecular flexibility index (Phi) is 6.48. The van der Waals surface area contributed by atoms with E-state index >= 15 is 0 Å². The number of para-hydroxylation sites is 2. The highest BCUT2D eigenvalue weighted by Crippen LogP contribution is 2.36. The Morgan fingerprint density at radius 3 is 2.90 bits per heavy atom. The van der Waals surface area contributed by atoms with Gasteiger partial charge >= 0.3 is 0 Å². The highest BCUT2D eigenvalue weighted by Gasteiger charge is 2.29. The average molecular weight is 457 g/mol. The van der Waals surface area contributed by atoms with Crippen molar-refractivity contribution in [2.75, 3.05) is 11.9 Å². The van der Waals surface area contributed by atoms with Crippen molar-refractivity contribution in [1.82, 2.24) is 14.8 Å². The Morgan fingerprint density at radius 2 is 2.13 bits per heavy atom. The molecule has 0 saturated heterocycles. The third kappa shape index (κ3) is 4.86. The van der Waals surface area contributed by atoms with Gasteiger partial charge in [0.2, 0.25) is 5.91 Å². The predicted octanol–water partition coefficient (Wildman–Crippen LogP) is 4.75. The molecule has 31 heavy (non-hydrogen) atoms. The molecule has 160 valence electrons. The number of thioether (sulfide) groups is 1. The highest BCUT2D eigenvalue weighted by atomic mass is 35.5. The molecule has 4 rings (SSSR count). The normalized spacial score (nSPS) is 15.9. The van der Waals surface area contributed by atoms with Crippen LogP contribution in [0.3, 0.4) is 0 Å². The number of nitrogens with zero attached hydrogens (tertiary/aromatic N) is 3. The summed E-state index contributed by atoms with van der Waals surface area (Å²) in [6.45, 7) is 6.44. The van der Waals surface area contributed by atoms with Crippen LogP contribution in [0, 0.1) is 0 Å². The molecule has 0 saturated carbocycles. The van der Waals surface area contributed by atoms with Gasteiger partial charge in [-0.1, -0.05) is 47.6 Å². The van der Waals surface area contributed by atoms with Crippen molar-refractivity contribution in [2.45, 2.75) is 30.0 Å². The number of ether oxygens (including phenoxy) is 2. The van der Waals surface area contributed by atoms with Crippen LogP contribution < -0.4 is 14.8 Å². The maximum Gasteiger partial charge on any atom is 0.237 e. The van der Waals surface area contributed by atoms with E-state index in [4.69, 9.17) is 21.1 Å². The fourth-order valence-corrected chi connectivity index (χ4v) is 4.15. The van der Waals surface area contributed by atoms with Gasteiger partial charge in [0.15, 0.2) is 28.6 Å². The summed E-state index contributed by atoms with van der Waals surface area (Å²) in [5, 5.41) is 12.2. The molecule has 0 fully saturated rings. The number of hydrogen-bond acceptors (Lipinski definition) is 6. The maximum absolute atomic E-state index is 12.6. The summed E-state index contributed by atoms with van der Waals surface area (Å²) in [7, 11) is 0. The number of carbonyl (C=O) groups is 1. The van der Waals surface area contributed by atoms with Crippen molar-refractivity contribution >= 4 is 35.0 Å². The molecule has 0 aliphatic carbocycles. The van der Waals surface area contributed by atoms with Gasteiger partial charge in [-0.25, -0.2) is 0 Å². The van der Waals surface area contributed by atoms with Crippen LogP contribution in [-0.2, 0) is 11.3 Å².